The van der Waals surface area contributed by atoms with E-state index in [9.17, 15) is 22.0 Å². The number of halogens is 2. The lowest BCUT2D eigenvalue weighted by molar-refractivity contribution is -0.124. The third kappa shape index (κ3) is 7.66. The molecule has 10 heteroatoms. The number of carbonyl (C=O) groups excluding carboxylic acids is 1. The highest BCUT2D eigenvalue weighted by Crippen LogP contribution is 2.32. The quantitative estimate of drug-likeness (QED) is 0.377. The minimum Gasteiger partial charge on any atom is -0.352 e. The van der Waals surface area contributed by atoms with E-state index in [1.165, 1.54) is 24.3 Å². The highest BCUT2D eigenvalue weighted by Gasteiger charge is 2.35. The van der Waals surface area contributed by atoms with E-state index in [0.717, 1.165) is 38.5 Å². The van der Waals surface area contributed by atoms with E-state index in [-0.39, 0.29) is 41.3 Å². The summed E-state index contributed by atoms with van der Waals surface area (Å²) in [5.41, 5.74) is 7.92. The fourth-order valence-electron chi connectivity index (χ4n) is 6.26. The number of rotatable bonds is 11. The lowest BCUT2D eigenvalue weighted by atomic mass is 9.80. The largest absolute Gasteiger partial charge is 0.352 e. The van der Waals surface area contributed by atoms with E-state index in [0.29, 0.717) is 37.2 Å². The molecule has 1 saturated heterocycles. The molecule has 0 bridgehead atoms. The van der Waals surface area contributed by atoms with Crippen molar-refractivity contribution < 1.29 is 22.0 Å². The molecular weight excluding hydrogens is 534 g/mol. The molecule has 1 amide bonds. The van der Waals surface area contributed by atoms with Crippen LogP contribution >= 0.6 is 0 Å². The number of nitrogens with zero attached hydrogens (tertiary/aromatic N) is 1. The van der Waals surface area contributed by atoms with Crippen molar-refractivity contribution in [3.63, 3.8) is 0 Å². The van der Waals surface area contributed by atoms with Gasteiger partial charge >= 0.3 is 0 Å². The summed E-state index contributed by atoms with van der Waals surface area (Å²) in [6.07, 6.45) is 5.99. The molecule has 0 radical (unpaired) electrons. The molecular formula is C30H42F2N4O3S. The van der Waals surface area contributed by atoms with Gasteiger partial charge in [0.25, 0.3) is 0 Å². The lowest BCUT2D eigenvalue weighted by Crippen LogP contribution is -2.54. The Morgan fingerprint density at radius 3 is 2.23 bits per heavy atom. The average molecular weight is 577 g/mol. The van der Waals surface area contributed by atoms with Crippen molar-refractivity contribution >= 4 is 15.9 Å². The van der Waals surface area contributed by atoms with Crippen molar-refractivity contribution in [3.05, 3.63) is 71.3 Å². The Hall–Kier alpha value is -2.40. The number of nitrogens with one attached hydrogen (secondary N) is 2. The van der Waals surface area contributed by atoms with Gasteiger partial charge in [-0.25, -0.2) is 17.2 Å². The van der Waals surface area contributed by atoms with Crippen molar-refractivity contribution in [2.75, 3.05) is 25.4 Å². The zero-order chi connectivity index (χ0) is 28.7. The van der Waals surface area contributed by atoms with Crippen LogP contribution in [0.4, 0.5) is 8.78 Å². The summed E-state index contributed by atoms with van der Waals surface area (Å²) in [6.45, 7) is 3.66. The first kappa shape index (κ1) is 30.6. The van der Waals surface area contributed by atoms with Gasteiger partial charge in [-0.1, -0.05) is 44.0 Å². The van der Waals surface area contributed by atoms with Gasteiger partial charge in [-0.05, 0) is 73.4 Å². The van der Waals surface area contributed by atoms with Crippen LogP contribution in [0.3, 0.4) is 0 Å². The maximum atomic E-state index is 13.7. The smallest absolute Gasteiger partial charge is 0.238 e. The van der Waals surface area contributed by atoms with Crippen molar-refractivity contribution in [2.45, 2.75) is 75.9 Å². The molecule has 1 heterocycles. The summed E-state index contributed by atoms with van der Waals surface area (Å²) >= 11 is 0. The highest BCUT2D eigenvalue weighted by atomic mass is 32.2. The van der Waals surface area contributed by atoms with Crippen LogP contribution in [0.1, 0.15) is 68.9 Å². The first-order valence-corrected chi connectivity index (χ1v) is 16.1. The second-order valence-corrected chi connectivity index (χ2v) is 13.2. The van der Waals surface area contributed by atoms with Gasteiger partial charge in [-0.2, -0.15) is 4.31 Å². The summed E-state index contributed by atoms with van der Waals surface area (Å²) in [6, 6.07) is 10.6. The van der Waals surface area contributed by atoms with Crippen molar-refractivity contribution in [1.29, 1.82) is 0 Å². The maximum Gasteiger partial charge on any atom is 0.238 e. The van der Waals surface area contributed by atoms with Gasteiger partial charge in [0, 0.05) is 37.6 Å². The SMILES string of the molecule is CCCS(=O)(=O)N1CCNC[C@@H]1CC[C@H]1CCCC[C@@H]1NC(=O)C(N)C(c1ccc(F)cc1)c1ccc(F)cc1. The fraction of sp³-hybridized carbons (Fsp3) is 0.567. The second kappa shape index (κ2) is 14.0. The summed E-state index contributed by atoms with van der Waals surface area (Å²) in [7, 11) is -3.29. The monoisotopic (exact) mass is 576 g/mol. The number of benzene rings is 2. The lowest BCUT2D eigenvalue weighted by Gasteiger charge is -2.38. The standard InChI is InChI=1S/C30H42F2N4O3S/c1-2-19-40(38,39)36-18-17-34-20-26(36)16-11-21-5-3-4-6-27(21)35-30(37)29(33)28(22-7-12-24(31)13-8-22)23-9-14-25(32)15-10-23/h7-10,12-15,21,26-29,34H,2-6,11,16-20,33H2,1H3,(H,35,37)/t21-,26+,27+,29?/m1/s1. The zero-order valence-corrected chi connectivity index (χ0v) is 24.0. The number of amides is 1. The van der Waals surface area contributed by atoms with Crippen LogP contribution in [0.25, 0.3) is 0 Å². The Bertz CT molecular complexity index is 1160. The molecule has 2 fully saturated rings. The number of hydrogen-bond acceptors (Lipinski definition) is 5. The molecule has 1 saturated carbocycles. The van der Waals surface area contributed by atoms with Crippen molar-refractivity contribution in [3.8, 4) is 0 Å². The Balaban J connectivity index is 1.45. The molecule has 2 aliphatic rings. The molecule has 1 aliphatic carbocycles. The molecule has 0 aromatic heterocycles. The van der Waals surface area contributed by atoms with Gasteiger partial charge in [0.1, 0.15) is 11.6 Å². The molecule has 0 spiro atoms. The van der Waals surface area contributed by atoms with Crippen LogP contribution in [0.15, 0.2) is 48.5 Å². The number of nitrogens with two attached hydrogens (primary N) is 1. The van der Waals surface area contributed by atoms with E-state index >= 15 is 0 Å². The van der Waals surface area contributed by atoms with E-state index in [1.54, 1.807) is 28.6 Å². The summed E-state index contributed by atoms with van der Waals surface area (Å²) in [5.74, 6) is -1.28. The Morgan fingerprint density at radius 2 is 1.62 bits per heavy atom. The van der Waals surface area contributed by atoms with Crippen LogP contribution in [0, 0.1) is 17.6 Å². The molecule has 4 atom stereocenters. The predicted octanol–water partition coefficient (Wildman–Crippen LogP) is 3.89. The molecule has 1 aliphatic heterocycles. The van der Waals surface area contributed by atoms with Crippen LogP contribution < -0.4 is 16.4 Å². The van der Waals surface area contributed by atoms with E-state index in [1.807, 2.05) is 6.92 Å². The van der Waals surface area contributed by atoms with Gasteiger partial charge in [0.05, 0.1) is 11.8 Å². The molecule has 1 unspecified atom stereocenters. The summed E-state index contributed by atoms with van der Waals surface area (Å²) in [4.78, 5) is 13.6. The Kier molecular flexibility index (Phi) is 10.7. The third-order valence-corrected chi connectivity index (χ3v) is 10.5. The third-order valence-electron chi connectivity index (χ3n) is 8.34. The minimum absolute atomic E-state index is 0.0633. The van der Waals surface area contributed by atoms with Gasteiger partial charge < -0.3 is 16.4 Å². The number of piperazine rings is 1. The first-order chi connectivity index (χ1) is 19.2. The number of carbonyl (C=O) groups is 1. The predicted molar refractivity (Wildman–Crippen MR) is 153 cm³/mol. The zero-order valence-electron chi connectivity index (χ0n) is 23.2. The molecule has 7 nitrogen and oxygen atoms in total. The first-order valence-electron chi connectivity index (χ1n) is 14.5. The van der Waals surface area contributed by atoms with Crippen LogP contribution in [0.5, 0.6) is 0 Å². The maximum absolute atomic E-state index is 13.7. The van der Waals surface area contributed by atoms with E-state index in [2.05, 4.69) is 10.6 Å². The summed E-state index contributed by atoms with van der Waals surface area (Å²) in [5, 5.41) is 6.54. The van der Waals surface area contributed by atoms with E-state index in [4.69, 9.17) is 5.73 Å². The summed E-state index contributed by atoms with van der Waals surface area (Å²) < 4.78 is 54.7. The van der Waals surface area contributed by atoms with Crippen LogP contribution in [0.2, 0.25) is 0 Å². The molecule has 4 rings (SSSR count). The minimum atomic E-state index is -3.29. The molecule has 220 valence electrons. The molecule has 2 aromatic carbocycles. The number of sulfonamides is 1. The Labute approximate surface area is 236 Å². The normalized spacial score (nSPS) is 23.2. The van der Waals surface area contributed by atoms with Gasteiger partial charge in [0.2, 0.25) is 15.9 Å². The molecule has 4 N–H and O–H groups in total. The van der Waals surface area contributed by atoms with Crippen molar-refractivity contribution in [2.24, 2.45) is 11.7 Å². The molecule has 40 heavy (non-hydrogen) atoms. The number of hydrogen-bond donors (Lipinski definition) is 3. The van der Waals surface area contributed by atoms with Gasteiger partial charge in [-0.15, -0.1) is 0 Å². The van der Waals surface area contributed by atoms with Crippen molar-refractivity contribution in [1.82, 2.24) is 14.9 Å². The Morgan fingerprint density at radius 1 is 1.02 bits per heavy atom. The van der Waals surface area contributed by atoms with Crippen LogP contribution in [-0.4, -0.2) is 62.1 Å². The average Bonchev–Trinajstić information content (AvgIpc) is 2.94. The topological polar surface area (TPSA) is 105 Å². The van der Waals surface area contributed by atoms with E-state index < -0.39 is 22.0 Å². The fourth-order valence-corrected chi connectivity index (χ4v) is 8.01. The van der Waals surface area contributed by atoms with Gasteiger partial charge in [0.15, 0.2) is 0 Å². The second-order valence-electron chi connectivity index (χ2n) is 11.1. The van der Waals surface area contributed by atoms with Gasteiger partial charge in [-0.3, -0.25) is 4.79 Å². The van der Waals surface area contributed by atoms with Crippen LogP contribution in [-0.2, 0) is 14.8 Å². The molecule has 2 aromatic rings. The highest BCUT2D eigenvalue weighted by molar-refractivity contribution is 7.89.